The van der Waals surface area contributed by atoms with Crippen LogP contribution in [-0.4, -0.2) is 15.6 Å². The number of imidazole rings is 1. The summed E-state index contributed by atoms with van der Waals surface area (Å²) in [4.78, 5) is 4.29. The van der Waals surface area contributed by atoms with Crippen molar-refractivity contribution in [3.63, 3.8) is 0 Å². The molecule has 1 saturated carbocycles. The summed E-state index contributed by atoms with van der Waals surface area (Å²) >= 11 is 0. The quantitative estimate of drug-likeness (QED) is 0.723. The number of unbranched alkanes of at least 4 members (excludes halogenated alkanes) is 1. The Kier molecular flexibility index (Phi) is 5.24. The van der Waals surface area contributed by atoms with Crippen molar-refractivity contribution < 1.29 is 0 Å². The fourth-order valence-electron chi connectivity index (χ4n) is 2.55. The standard InChI is InChI=1S/C15H27N3/c1-3-5-7-13(6-4-2)17-11-15-10-16-12-18(15)14-8-9-14/h10,12-14,17H,3-9,11H2,1-2H3. The minimum atomic E-state index is 0.678. The molecule has 1 heterocycles. The number of rotatable bonds is 9. The van der Waals surface area contributed by atoms with Crippen LogP contribution in [0.1, 0.15) is 70.5 Å². The molecule has 1 atom stereocenters. The minimum Gasteiger partial charge on any atom is -0.330 e. The van der Waals surface area contributed by atoms with Crippen molar-refractivity contribution in [3.8, 4) is 0 Å². The zero-order valence-electron chi connectivity index (χ0n) is 11.9. The molecule has 1 aliphatic carbocycles. The zero-order valence-corrected chi connectivity index (χ0v) is 11.9. The van der Waals surface area contributed by atoms with E-state index in [-0.39, 0.29) is 0 Å². The van der Waals surface area contributed by atoms with Crippen molar-refractivity contribution in [2.24, 2.45) is 0 Å². The first kappa shape index (κ1) is 13.6. The van der Waals surface area contributed by atoms with Crippen molar-refractivity contribution in [1.82, 2.24) is 14.9 Å². The van der Waals surface area contributed by atoms with E-state index in [0.29, 0.717) is 6.04 Å². The molecule has 102 valence electrons. The first-order valence-electron chi connectivity index (χ1n) is 7.59. The Hall–Kier alpha value is -0.830. The molecule has 1 fully saturated rings. The molecule has 0 aliphatic heterocycles. The van der Waals surface area contributed by atoms with Gasteiger partial charge in [0.1, 0.15) is 0 Å². The monoisotopic (exact) mass is 249 g/mol. The van der Waals surface area contributed by atoms with Crippen LogP contribution in [0, 0.1) is 0 Å². The zero-order chi connectivity index (χ0) is 12.8. The summed E-state index contributed by atoms with van der Waals surface area (Å²) in [7, 11) is 0. The molecule has 1 aromatic rings. The van der Waals surface area contributed by atoms with E-state index in [9.17, 15) is 0 Å². The van der Waals surface area contributed by atoms with Crippen LogP contribution in [0.4, 0.5) is 0 Å². The number of hydrogen-bond acceptors (Lipinski definition) is 2. The van der Waals surface area contributed by atoms with Gasteiger partial charge in [-0.15, -0.1) is 0 Å². The van der Waals surface area contributed by atoms with Gasteiger partial charge in [-0.3, -0.25) is 0 Å². The highest BCUT2D eigenvalue weighted by Gasteiger charge is 2.25. The topological polar surface area (TPSA) is 29.9 Å². The van der Waals surface area contributed by atoms with Gasteiger partial charge in [-0.05, 0) is 25.7 Å². The third-order valence-electron chi connectivity index (χ3n) is 3.80. The highest BCUT2D eigenvalue weighted by Crippen LogP contribution is 2.35. The van der Waals surface area contributed by atoms with E-state index < -0.39 is 0 Å². The van der Waals surface area contributed by atoms with Crippen LogP contribution < -0.4 is 5.32 Å². The van der Waals surface area contributed by atoms with Crippen LogP contribution in [0.2, 0.25) is 0 Å². The second-order valence-electron chi connectivity index (χ2n) is 5.53. The number of hydrogen-bond donors (Lipinski definition) is 1. The van der Waals surface area contributed by atoms with Gasteiger partial charge in [0, 0.05) is 24.8 Å². The Labute approximate surface area is 111 Å². The van der Waals surface area contributed by atoms with E-state index >= 15 is 0 Å². The molecule has 0 amide bonds. The summed E-state index contributed by atoms with van der Waals surface area (Å²) in [5, 5.41) is 3.72. The highest BCUT2D eigenvalue weighted by atomic mass is 15.1. The van der Waals surface area contributed by atoms with E-state index in [1.54, 1.807) is 0 Å². The lowest BCUT2D eigenvalue weighted by molar-refractivity contribution is 0.427. The summed E-state index contributed by atoms with van der Waals surface area (Å²) in [6.07, 6.45) is 13.2. The van der Waals surface area contributed by atoms with Crippen LogP contribution in [-0.2, 0) is 6.54 Å². The molecule has 1 aliphatic rings. The normalized spacial score (nSPS) is 17.0. The van der Waals surface area contributed by atoms with Crippen molar-refractivity contribution in [3.05, 3.63) is 18.2 Å². The largest absolute Gasteiger partial charge is 0.330 e. The molecule has 2 rings (SSSR count). The van der Waals surface area contributed by atoms with Gasteiger partial charge in [-0.1, -0.05) is 33.1 Å². The van der Waals surface area contributed by atoms with Gasteiger partial charge >= 0.3 is 0 Å². The minimum absolute atomic E-state index is 0.678. The van der Waals surface area contributed by atoms with Crippen LogP contribution in [0.3, 0.4) is 0 Å². The summed E-state index contributed by atoms with van der Waals surface area (Å²) in [5.74, 6) is 0. The number of nitrogens with zero attached hydrogens (tertiary/aromatic N) is 2. The Morgan fingerprint density at radius 3 is 2.83 bits per heavy atom. The lowest BCUT2D eigenvalue weighted by atomic mass is 10.1. The summed E-state index contributed by atoms with van der Waals surface area (Å²) < 4.78 is 2.36. The van der Waals surface area contributed by atoms with Gasteiger partial charge in [0.05, 0.1) is 12.0 Å². The molecule has 0 radical (unpaired) electrons. The SMILES string of the molecule is CCCCC(CCC)NCc1cncn1C1CC1. The maximum atomic E-state index is 4.29. The van der Waals surface area contributed by atoms with Crippen molar-refractivity contribution >= 4 is 0 Å². The van der Waals surface area contributed by atoms with Crippen molar-refractivity contribution in [2.75, 3.05) is 0 Å². The summed E-state index contributed by atoms with van der Waals surface area (Å²) in [6.45, 7) is 5.52. The summed E-state index contributed by atoms with van der Waals surface area (Å²) in [6, 6.07) is 1.42. The van der Waals surface area contributed by atoms with Crippen LogP contribution >= 0.6 is 0 Å². The molecular formula is C15H27N3. The first-order chi connectivity index (χ1) is 8.85. The van der Waals surface area contributed by atoms with Crippen molar-refractivity contribution in [1.29, 1.82) is 0 Å². The molecule has 3 heteroatoms. The van der Waals surface area contributed by atoms with Crippen LogP contribution in [0.5, 0.6) is 0 Å². The third kappa shape index (κ3) is 3.84. The van der Waals surface area contributed by atoms with Gasteiger partial charge in [0.25, 0.3) is 0 Å². The Morgan fingerprint density at radius 1 is 1.33 bits per heavy atom. The Morgan fingerprint density at radius 2 is 2.17 bits per heavy atom. The van der Waals surface area contributed by atoms with Crippen molar-refractivity contribution in [2.45, 2.75) is 77.4 Å². The van der Waals surface area contributed by atoms with E-state index in [0.717, 1.165) is 12.6 Å². The summed E-state index contributed by atoms with van der Waals surface area (Å²) in [5.41, 5.74) is 1.36. The predicted molar refractivity (Wildman–Crippen MR) is 75.6 cm³/mol. The van der Waals surface area contributed by atoms with Gasteiger partial charge in [0.15, 0.2) is 0 Å². The fourth-order valence-corrected chi connectivity index (χ4v) is 2.55. The first-order valence-corrected chi connectivity index (χ1v) is 7.59. The Balaban J connectivity index is 1.81. The number of nitrogens with one attached hydrogen (secondary N) is 1. The fraction of sp³-hybridized carbons (Fsp3) is 0.800. The maximum Gasteiger partial charge on any atom is 0.0951 e. The second-order valence-corrected chi connectivity index (χ2v) is 5.53. The average molecular weight is 249 g/mol. The smallest absolute Gasteiger partial charge is 0.0951 e. The molecule has 0 aromatic carbocycles. The van der Waals surface area contributed by atoms with E-state index in [2.05, 4.69) is 28.7 Å². The lowest BCUT2D eigenvalue weighted by Gasteiger charge is -2.18. The second kappa shape index (κ2) is 6.93. The van der Waals surface area contributed by atoms with Gasteiger partial charge in [-0.2, -0.15) is 0 Å². The molecule has 1 unspecified atom stereocenters. The van der Waals surface area contributed by atoms with Gasteiger partial charge in [0.2, 0.25) is 0 Å². The van der Waals surface area contributed by atoms with Crippen LogP contribution in [0.15, 0.2) is 12.5 Å². The van der Waals surface area contributed by atoms with E-state index in [4.69, 9.17) is 0 Å². The maximum absolute atomic E-state index is 4.29. The lowest BCUT2D eigenvalue weighted by Crippen LogP contribution is -2.29. The number of aromatic nitrogens is 2. The van der Waals surface area contributed by atoms with Gasteiger partial charge in [-0.25, -0.2) is 4.98 Å². The molecule has 1 N–H and O–H groups in total. The predicted octanol–water partition coefficient (Wildman–Crippen LogP) is 3.67. The average Bonchev–Trinajstić information content (AvgIpc) is 3.12. The van der Waals surface area contributed by atoms with E-state index in [1.807, 2.05) is 12.5 Å². The molecule has 3 nitrogen and oxygen atoms in total. The third-order valence-corrected chi connectivity index (χ3v) is 3.80. The molecular weight excluding hydrogens is 222 g/mol. The van der Waals surface area contributed by atoms with Gasteiger partial charge < -0.3 is 9.88 Å². The molecule has 18 heavy (non-hydrogen) atoms. The molecule has 0 saturated heterocycles. The molecule has 0 bridgehead atoms. The molecule has 0 spiro atoms. The Bertz CT molecular complexity index is 341. The van der Waals surface area contributed by atoms with E-state index in [1.165, 1.54) is 50.6 Å². The highest BCUT2D eigenvalue weighted by molar-refractivity contribution is 5.03. The van der Waals surface area contributed by atoms with Crippen LogP contribution in [0.25, 0.3) is 0 Å². The molecule has 1 aromatic heterocycles.